The van der Waals surface area contributed by atoms with Gasteiger partial charge in [-0.1, -0.05) is 18.7 Å². The number of nitrogens with one attached hydrogen (secondary N) is 1. The number of carbonyl (C=O) groups excluding carboxylic acids is 1. The molecule has 0 spiro atoms. The number of hydrogen-bond acceptors (Lipinski definition) is 4. The normalized spacial score (nSPS) is 22.5. The summed E-state index contributed by atoms with van der Waals surface area (Å²) in [6.45, 7) is 6.86. The van der Waals surface area contributed by atoms with Crippen molar-refractivity contribution in [2.24, 2.45) is 0 Å². The van der Waals surface area contributed by atoms with Gasteiger partial charge in [0, 0.05) is 18.6 Å². The monoisotopic (exact) mass is 312 g/mol. The number of likely N-dealkylation sites (tertiary alicyclic amines) is 1. The molecule has 118 valence electrons. The molecule has 1 aromatic heterocycles. The number of amides is 1. The maximum atomic E-state index is 12.4. The molecule has 1 aliphatic rings. The molecule has 1 N–H and O–H groups in total. The quantitative estimate of drug-likeness (QED) is 0.843. The van der Waals surface area contributed by atoms with Crippen molar-refractivity contribution in [2.75, 3.05) is 5.75 Å². The Labute approximate surface area is 129 Å². The molecule has 1 aromatic rings. The molecule has 2 unspecified atom stereocenters. The third-order valence-corrected chi connectivity index (χ3v) is 4.94. The second kappa shape index (κ2) is 7.15. The predicted octanol–water partition coefficient (Wildman–Crippen LogP) is 1.86. The maximum absolute atomic E-state index is 12.4. The summed E-state index contributed by atoms with van der Waals surface area (Å²) in [5.74, 6) is 0.473. The summed E-state index contributed by atoms with van der Waals surface area (Å²) in [5.41, 5.74) is -0.202. The van der Waals surface area contributed by atoms with Gasteiger partial charge in [-0.05, 0) is 39.5 Å². The smallest absolute Gasteiger partial charge is 0.337 e. The number of piperidine rings is 1. The van der Waals surface area contributed by atoms with Gasteiger partial charge in [0.05, 0.1) is 5.75 Å². The number of carbonyl (C=O) groups is 1. The predicted molar refractivity (Wildman–Crippen MR) is 83.5 cm³/mol. The molecule has 21 heavy (non-hydrogen) atoms. The van der Waals surface area contributed by atoms with Crippen molar-refractivity contribution in [2.45, 2.75) is 70.2 Å². The zero-order chi connectivity index (χ0) is 15.4. The van der Waals surface area contributed by atoms with E-state index in [9.17, 15) is 9.59 Å². The van der Waals surface area contributed by atoms with E-state index in [4.69, 9.17) is 0 Å². The minimum atomic E-state index is -0.202. The first-order valence-corrected chi connectivity index (χ1v) is 8.62. The Morgan fingerprint density at radius 1 is 1.38 bits per heavy atom. The molecule has 2 heterocycles. The van der Waals surface area contributed by atoms with Gasteiger partial charge in [-0.2, -0.15) is 0 Å². The van der Waals surface area contributed by atoms with Gasteiger partial charge in [0.25, 0.3) is 0 Å². The van der Waals surface area contributed by atoms with Gasteiger partial charge in [0.15, 0.2) is 5.16 Å². The lowest BCUT2D eigenvalue weighted by molar-refractivity contribution is -0.134. The topological polar surface area (TPSA) is 71.0 Å². The Morgan fingerprint density at radius 3 is 2.67 bits per heavy atom. The van der Waals surface area contributed by atoms with Gasteiger partial charge < -0.3 is 4.90 Å². The molecule has 1 aliphatic heterocycles. The number of aromatic amines is 1. The van der Waals surface area contributed by atoms with E-state index < -0.39 is 0 Å². The molecule has 2 rings (SSSR count). The van der Waals surface area contributed by atoms with Crippen LogP contribution in [0.4, 0.5) is 0 Å². The first kappa shape index (κ1) is 16.1. The zero-order valence-corrected chi connectivity index (χ0v) is 13.8. The first-order valence-electron chi connectivity index (χ1n) is 7.63. The number of thioether (sulfide) groups is 1. The van der Waals surface area contributed by atoms with Crippen molar-refractivity contribution in [3.05, 3.63) is 10.5 Å². The zero-order valence-electron chi connectivity index (χ0n) is 13.0. The number of nitrogens with zero attached hydrogens (tertiary/aromatic N) is 3. The van der Waals surface area contributed by atoms with Crippen molar-refractivity contribution in [3.63, 3.8) is 0 Å². The van der Waals surface area contributed by atoms with E-state index in [1.54, 1.807) is 4.57 Å². The Kier molecular flexibility index (Phi) is 5.50. The SMILES string of the molecule is CCCn1c(SCC(=O)N2C(C)CCCC2C)n[nH]c1=O. The van der Waals surface area contributed by atoms with Crippen LogP contribution in [0.25, 0.3) is 0 Å². The Bertz CT molecular complexity index is 529. The lowest BCUT2D eigenvalue weighted by Gasteiger charge is -2.39. The van der Waals surface area contributed by atoms with E-state index in [0.29, 0.717) is 29.5 Å². The standard InChI is InChI=1S/C14H24N4O2S/c1-4-8-17-13(20)15-16-14(17)21-9-12(19)18-10(2)6-5-7-11(18)3/h10-11H,4-9H2,1-3H3,(H,15,20). The van der Waals surface area contributed by atoms with Gasteiger partial charge >= 0.3 is 5.69 Å². The summed E-state index contributed by atoms with van der Waals surface area (Å²) in [4.78, 5) is 26.1. The highest BCUT2D eigenvalue weighted by molar-refractivity contribution is 7.99. The highest BCUT2D eigenvalue weighted by Crippen LogP contribution is 2.24. The van der Waals surface area contributed by atoms with Crippen LogP contribution in [0.2, 0.25) is 0 Å². The molecule has 2 atom stereocenters. The lowest BCUT2D eigenvalue weighted by atomic mass is 9.98. The minimum Gasteiger partial charge on any atom is -0.337 e. The van der Waals surface area contributed by atoms with Crippen LogP contribution in [0.3, 0.4) is 0 Å². The molecule has 0 saturated carbocycles. The van der Waals surface area contributed by atoms with Crippen molar-refractivity contribution < 1.29 is 4.79 Å². The summed E-state index contributed by atoms with van der Waals surface area (Å²) in [6.07, 6.45) is 4.20. The Morgan fingerprint density at radius 2 is 2.05 bits per heavy atom. The molecule has 0 aliphatic carbocycles. The van der Waals surface area contributed by atoms with Crippen LogP contribution in [0.1, 0.15) is 46.5 Å². The van der Waals surface area contributed by atoms with Gasteiger partial charge in [-0.3, -0.25) is 9.36 Å². The van der Waals surface area contributed by atoms with E-state index in [1.165, 1.54) is 18.2 Å². The molecule has 1 fully saturated rings. The third kappa shape index (κ3) is 3.70. The summed E-state index contributed by atoms with van der Waals surface area (Å²) < 4.78 is 1.60. The second-order valence-corrected chi connectivity index (χ2v) is 6.62. The molecule has 0 aromatic carbocycles. The molecule has 1 amide bonds. The summed E-state index contributed by atoms with van der Waals surface area (Å²) in [7, 11) is 0. The minimum absolute atomic E-state index is 0.137. The number of aromatic nitrogens is 3. The van der Waals surface area contributed by atoms with Crippen LogP contribution in [-0.4, -0.2) is 43.4 Å². The van der Waals surface area contributed by atoms with Crippen LogP contribution in [0.5, 0.6) is 0 Å². The largest absolute Gasteiger partial charge is 0.343 e. The fraction of sp³-hybridized carbons (Fsp3) is 0.786. The van der Waals surface area contributed by atoms with E-state index in [-0.39, 0.29) is 11.6 Å². The fourth-order valence-corrected chi connectivity index (χ4v) is 3.79. The third-order valence-electron chi connectivity index (χ3n) is 3.98. The van der Waals surface area contributed by atoms with Gasteiger partial charge in [-0.25, -0.2) is 9.89 Å². The Hall–Kier alpha value is -1.24. The highest BCUT2D eigenvalue weighted by Gasteiger charge is 2.28. The number of H-pyrrole nitrogens is 1. The van der Waals surface area contributed by atoms with Crippen LogP contribution >= 0.6 is 11.8 Å². The van der Waals surface area contributed by atoms with Crippen LogP contribution in [0.15, 0.2) is 9.95 Å². The summed E-state index contributed by atoms with van der Waals surface area (Å²) in [6, 6.07) is 0.609. The molecule has 6 nitrogen and oxygen atoms in total. The van der Waals surface area contributed by atoms with Crippen LogP contribution in [0, 0.1) is 0 Å². The van der Waals surface area contributed by atoms with E-state index >= 15 is 0 Å². The van der Waals surface area contributed by atoms with Crippen LogP contribution < -0.4 is 5.69 Å². The van der Waals surface area contributed by atoms with E-state index in [0.717, 1.165) is 19.3 Å². The summed E-state index contributed by atoms with van der Waals surface area (Å²) >= 11 is 1.34. The molecular weight excluding hydrogens is 288 g/mol. The van der Waals surface area contributed by atoms with Crippen molar-refractivity contribution >= 4 is 17.7 Å². The van der Waals surface area contributed by atoms with E-state index in [1.807, 2.05) is 11.8 Å². The fourth-order valence-electron chi connectivity index (χ4n) is 2.95. The van der Waals surface area contributed by atoms with E-state index in [2.05, 4.69) is 24.0 Å². The average molecular weight is 312 g/mol. The average Bonchev–Trinajstić information content (AvgIpc) is 2.78. The van der Waals surface area contributed by atoms with Crippen molar-refractivity contribution in [1.29, 1.82) is 0 Å². The highest BCUT2D eigenvalue weighted by atomic mass is 32.2. The molecule has 0 bridgehead atoms. The summed E-state index contributed by atoms with van der Waals surface area (Å²) in [5, 5.41) is 7.07. The van der Waals surface area contributed by atoms with Gasteiger partial charge in [0.2, 0.25) is 5.91 Å². The maximum Gasteiger partial charge on any atom is 0.343 e. The Balaban J connectivity index is 1.99. The molecule has 7 heteroatoms. The second-order valence-electron chi connectivity index (χ2n) is 5.68. The molecule has 0 radical (unpaired) electrons. The first-order chi connectivity index (χ1) is 10.0. The number of hydrogen-bond donors (Lipinski definition) is 1. The van der Waals surface area contributed by atoms with Crippen LogP contribution in [-0.2, 0) is 11.3 Å². The van der Waals surface area contributed by atoms with Crippen molar-refractivity contribution in [1.82, 2.24) is 19.7 Å². The number of rotatable bonds is 5. The van der Waals surface area contributed by atoms with Crippen molar-refractivity contribution in [3.8, 4) is 0 Å². The molecular formula is C14H24N4O2S. The van der Waals surface area contributed by atoms with Gasteiger partial charge in [0.1, 0.15) is 0 Å². The molecule has 1 saturated heterocycles. The van der Waals surface area contributed by atoms with Gasteiger partial charge in [-0.15, -0.1) is 5.10 Å². The lowest BCUT2D eigenvalue weighted by Crippen LogP contribution is -2.48.